The van der Waals surface area contributed by atoms with E-state index < -0.39 is 17.9 Å². The maximum atomic E-state index is 12.8. The molecule has 0 aliphatic carbocycles. The van der Waals surface area contributed by atoms with Gasteiger partial charge in [-0.05, 0) is 61.1 Å². The molecule has 172 valence electrons. The van der Waals surface area contributed by atoms with Crippen LogP contribution in [0.2, 0.25) is 10.0 Å². The molecular weight excluding hydrogens is 509 g/mol. The van der Waals surface area contributed by atoms with Crippen LogP contribution in [0.5, 0.6) is 11.5 Å². The van der Waals surface area contributed by atoms with E-state index in [1.807, 2.05) is 0 Å². The fraction of sp³-hybridized carbons (Fsp3) is 0.143. The van der Waals surface area contributed by atoms with Crippen LogP contribution < -0.4 is 20.2 Å². The normalized spacial score (nSPS) is 14.4. The molecule has 0 atom stereocenters. The van der Waals surface area contributed by atoms with Crippen molar-refractivity contribution in [3.8, 4) is 11.5 Å². The predicted octanol–water partition coefficient (Wildman–Crippen LogP) is 5.26. The van der Waals surface area contributed by atoms with E-state index in [1.165, 1.54) is 19.1 Å². The monoisotopic (exact) mass is 525 g/mol. The smallest absolute Gasteiger partial charge is 0.338 e. The maximum Gasteiger partial charge on any atom is 0.338 e. The number of hydrazine groups is 1. The van der Waals surface area contributed by atoms with Crippen molar-refractivity contribution in [1.82, 2.24) is 10.4 Å². The molecule has 1 fully saturated rings. The van der Waals surface area contributed by atoms with Crippen LogP contribution in [0.1, 0.15) is 19.4 Å². The van der Waals surface area contributed by atoms with E-state index in [0.29, 0.717) is 28.6 Å². The molecule has 1 aliphatic rings. The summed E-state index contributed by atoms with van der Waals surface area (Å²) >= 11 is 18.1. The van der Waals surface area contributed by atoms with E-state index >= 15 is 0 Å². The van der Waals surface area contributed by atoms with Crippen LogP contribution in [0.25, 0.3) is 6.08 Å². The summed E-state index contributed by atoms with van der Waals surface area (Å²) in [6.07, 6.45) is 1.60. The van der Waals surface area contributed by atoms with Crippen molar-refractivity contribution in [2.45, 2.75) is 13.8 Å². The minimum Gasteiger partial charge on any atom is -0.490 e. The van der Waals surface area contributed by atoms with Crippen molar-refractivity contribution in [3.63, 3.8) is 0 Å². The van der Waals surface area contributed by atoms with Crippen LogP contribution in [0.3, 0.4) is 0 Å². The van der Waals surface area contributed by atoms with Crippen molar-refractivity contribution in [2.24, 2.45) is 0 Å². The van der Waals surface area contributed by atoms with Gasteiger partial charge in [0.05, 0.1) is 21.6 Å². The van der Waals surface area contributed by atoms with E-state index in [0.717, 1.165) is 16.8 Å². The molecule has 2 aromatic carbocycles. The summed E-state index contributed by atoms with van der Waals surface area (Å²) in [6.45, 7) is 3.45. The number of nitrogens with one attached hydrogen (secondary N) is 2. The fourth-order valence-electron chi connectivity index (χ4n) is 2.67. The number of urea groups is 1. The molecule has 0 spiro atoms. The second-order valence-electron chi connectivity index (χ2n) is 6.44. The van der Waals surface area contributed by atoms with Gasteiger partial charge in [0, 0.05) is 12.6 Å². The number of anilines is 1. The molecule has 0 saturated carbocycles. The standard InChI is InChI=1S/C21H17Cl2N3O5S2/c1-3-30-17-8-12(4-7-16(17)31-11(2)27)9-18-19(28)26(21(32)33-18)25-20(29)24-13-5-6-14(22)15(23)10-13/h4-10H,3H2,1-2H3,(H2,24,25,29)/b18-9+. The highest BCUT2D eigenvalue weighted by molar-refractivity contribution is 8.26. The molecular formula is C21H17Cl2N3O5S2. The van der Waals surface area contributed by atoms with E-state index in [-0.39, 0.29) is 20.0 Å². The largest absolute Gasteiger partial charge is 0.490 e. The molecule has 8 nitrogen and oxygen atoms in total. The number of benzene rings is 2. The van der Waals surface area contributed by atoms with Crippen molar-refractivity contribution in [2.75, 3.05) is 11.9 Å². The first-order valence-electron chi connectivity index (χ1n) is 9.44. The topological polar surface area (TPSA) is 97.0 Å². The number of rotatable bonds is 6. The van der Waals surface area contributed by atoms with E-state index in [9.17, 15) is 14.4 Å². The van der Waals surface area contributed by atoms with Gasteiger partial charge in [-0.25, -0.2) is 10.2 Å². The molecule has 0 bridgehead atoms. The lowest BCUT2D eigenvalue weighted by Gasteiger charge is -2.16. The molecule has 0 aromatic heterocycles. The van der Waals surface area contributed by atoms with Gasteiger partial charge in [0.15, 0.2) is 15.8 Å². The molecule has 1 saturated heterocycles. The van der Waals surface area contributed by atoms with E-state index in [2.05, 4.69) is 10.7 Å². The minimum absolute atomic E-state index is 0.150. The first-order chi connectivity index (χ1) is 15.7. The second-order valence-corrected chi connectivity index (χ2v) is 8.93. The molecule has 2 N–H and O–H groups in total. The number of hydrogen-bond acceptors (Lipinski definition) is 7. The Morgan fingerprint density at radius 1 is 1.15 bits per heavy atom. The summed E-state index contributed by atoms with van der Waals surface area (Å²) in [4.78, 5) is 36.7. The summed E-state index contributed by atoms with van der Waals surface area (Å²) in [5.74, 6) is -0.350. The number of esters is 1. The number of thiocarbonyl (C=S) groups is 1. The van der Waals surface area contributed by atoms with Gasteiger partial charge in [-0.1, -0.05) is 41.0 Å². The van der Waals surface area contributed by atoms with Gasteiger partial charge < -0.3 is 14.8 Å². The summed E-state index contributed by atoms with van der Waals surface area (Å²) in [5, 5.41) is 4.14. The van der Waals surface area contributed by atoms with Gasteiger partial charge in [0.1, 0.15) is 0 Å². The highest BCUT2D eigenvalue weighted by atomic mass is 35.5. The Balaban J connectivity index is 1.73. The average molecular weight is 526 g/mol. The van der Waals surface area contributed by atoms with Crippen molar-refractivity contribution in [3.05, 3.63) is 56.9 Å². The minimum atomic E-state index is -0.685. The highest BCUT2D eigenvalue weighted by Crippen LogP contribution is 2.34. The van der Waals surface area contributed by atoms with Crippen LogP contribution in [0.4, 0.5) is 10.5 Å². The zero-order valence-corrected chi connectivity index (χ0v) is 20.5. The Kier molecular flexibility index (Phi) is 8.20. The maximum absolute atomic E-state index is 12.8. The predicted molar refractivity (Wildman–Crippen MR) is 133 cm³/mol. The summed E-state index contributed by atoms with van der Waals surface area (Å²) in [6, 6.07) is 8.76. The Bertz CT molecular complexity index is 1170. The van der Waals surface area contributed by atoms with E-state index in [1.54, 1.807) is 37.3 Å². The lowest BCUT2D eigenvalue weighted by Crippen LogP contribution is -2.46. The Morgan fingerprint density at radius 2 is 1.91 bits per heavy atom. The molecule has 2 aromatic rings. The highest BCUT2D eigenvalue weighted by Gasteiger charge is 2.33. The number of carbonyl (C=O) groups is 3. The summed E-state index contributed by atoms with van der Waals surface area (Å²) in [5.41, 5.74) is 3.42. The molecule has 3 amide bonds. The van der Waals surface area contributed by atoms with Gasteiger partial charge in [0.25, 0.3) is 5.91 Å². The number of hydrogen-bond donors (Lipinski definition) is 2. The summed E-state index contributed by atoms with van der Waals surface area (Å²) < 4.78 is 10.8. The van der Waals surface area contributed by atoms with Gasteiger partial charge in [0.2, 0.25) is 0 Å². The first kappa shape index (κ1) is 24.8. The van der Waals surface area contributed by atoms with Crippen LogP contribution in [0, 0.1) is 0 Å². The van der Waals surface area contributed by atoms with Gasteiger partial charge in [-0.15, -0.1) is 0 Å². The second kappa shape index (κ2) is 10.9. The Hall–Kier alpha value is -2.79. The quantitative estimate of drug-likeness (QED) is 0.230. The number of carbonyl (C=O) groups excluding carboxylic acids is 3. The van der Waals surface area contributed by atoms with Crippen LogP contribution in [-0.2, 0) is 9.59 Å². The molecule has 1 aliphatic heterocycles. The number of ether oxygens (including phenoxy) is 2. The van der Waals surface area contributed by atoms with E-state index in [4.69, 9.17) is 44.9 Å². The average Bonchev–Trinajstić information content (AvgIpc) is 3.00. The van der Waals surface area contributed by atoms with Crippen LogP contribution in [0.15, 0.2) is 41.3 Å². The third-order valence-corrected chi connectivity index (χ3v) is 6.04. The van der Waals surface area contributed by atoms with Gasteiger partial charge >= 0.3 is 12.0 Å². The number of amides is 3. The van der Waals surface area contributed by atoms with Crippen LogP contribution >= 0.6 is 47.2 Å². The molecule has 33 heavy (non-hydrogen) atoms. The van der Waals surface area contributed by atoms with Crippen LogP contribution in [-0.4, -0.2) is 33.8 Å². The number of thioether (sulfide) groups is 1. The lowest BCUT2D eigenvalue weighted by molar-refractivity contribution is -0.132. The summed E-state index contributed by atoms with van der Waals surface area (Å²) in [7, 11) is 0. The third kappa shape index (κ3) is 6.38. The Labute approximate surface area is 209 Å². The van der Waals surface area contributed by atoms with Gasteiger partial charge in [-0.2, -0.15) is 5.01 Å². The lowest BCUT2D eigenvalue weighted by atomic mass is 10.2. The molecule has 0 radical (unpaired) electrons. The van der Waals surface area contributed by atoms with Crippen molar-refractivity contribution < 1.29 is 23.9 Å². The molecule has 0 unspecified atom stereocenters. The molecule has 1 heterocycles. The SMILES string of the molecule is CCOc1cc(/C=C2/SC(=S)N(NC(=O)Nc3ccc(Cl)c(Cl)c3)C2=O)ccc1OC(C)=O. The Morgan fingerprint density at radius 3 is 2.58 bits per heavy atom. The zero-order valence-electron chi connectivity index (χ0n) is 17.3. The zero-order chi connectivity index (χ0) is 24.1. The van der Waals surface area contributed by atoms with Gasteiger partial charge in [-0.3, -0.25) is 9.59 Å². The first-order valence-corrected chi connectivity index (χ1v) is 11.4. The van der Waals surface area contributed by atoms with Crippen molar-refractivity contribution in [1.29, 1.82) is 0 Å². The number of nitrogens with zero attached hydrogens (tertiary/aromatic N) is 1. The number of halogens is 2. The molecule has 12 heteroatoms. The molecule has 3 rings (SSSR count). The fourth-order valence-corrected chi connectivity index (χ4v) is 4.15. The third-order valence-electron chi connectivity index (χ3n) is 4.00. The van der Waals surface area contributed by atoms with Crippen molar-refractivity contribution >= 4 is 81.2 Å².